The molecule has 21 heavy (non-hydrogen) atoms. The maximum absolute atomic E-state index is 12.6. The molecular weight excluding hydrogens is 277 g/mol. The van der Waals surface area contributed by atoms with Crippen molar-refractivity contribution in [1.29, 1.82) is 0 Å². The van der Waals surface area contributed by atoms with Crippen LogP contribution in [0.4, 0.5) is 13.2 Å². The average molecular weight is 290 g/mol. The van der Waals surface area contributed by atoms with E-state index in [0.717, 1.165) is 17.7 Å². The maximum atomic E-state index is 12.6. The Morgan fingerprint density at radius 2 is 1.62 bits per heavy atom. The van der Waals surface area contributed by atoms with Crippen molar-refractivity contribution in [2.45, 2.75) is 24.9 Å². The van der Waals surface area contributed by atoms with Crippen molar-refractivity contribution >= 4 is 5.78 Å². The number of fused-ring (bicyclic) bond motifs is 1. The van der Waals surface area contributed by atoms with Gasteiger partial charge in [-0.1, -0.05) is 36.4 Å². The van der Waals surface area contributed by atoms with Crippen molar-refractivity contribution in [3.63, 3.8) is 0 Å². The summed E-state index contributed by atoms with van der Waals surface area (Å²) >= 11 is 0. The van der Waals surface area contributed by atoms with Crippen molar-refractivity contribution in [1.82, 2.24) is 0 Å². The van der Waals surface area contributed by atoms with E-state index >= 15 is 0 Å². The highest BCUT2D eigenvalue weighted by molar-refractivity contribution is 6.08. The SMILES string of the molecule is C[C@]1(c2ccc(C(F)(F)F)cc2)Cc2ccccc2C1=O. The molecule has 1 aliphatic rings. The van der Waals surface area contributed by atoms with Gasteiger partial charge in [0.25, 0.3) is 0 Å². The Kier molecular flexibility index (Phi) is 2.94. The summed E-state index contributed by atoms with van der Waals surface area (Å²) in [7, 11) is 0. The summed E-state index contributed by atoms with van der Waals surface area (Å²) in [6.07, 6.45) is -3.84. The molecule has 2 aromatic carbocycles. The molecule has 0 heterocycles. The van der Waals surface area contributed by atoms with E-state index in [1.807, 2.05) is 12.1 Å². The number of ketones is 1. The molecule has 0 aromatic heterocycles. The van der Waals surface area contributed by atoms with Crippen LogP contribution in [0.5, 0.6) is 0 Å². The van der Waals surface area contributed by atoms with Crippen molar-refractivity contribution in [2.24, 2.45) is 0 Å². The first-order valence-electron chi connectivity index (χ1n) is 6.63. The second-order valence-electron chi connectivity index (χ2n) is 5.57. The van der Waals surface area contributed by atoms with Crippen LogP contribution in [0.3, 0.4) is 0 Å². The Morgan fingerprint density at radius 3 is 2.19 bits per heavy atom. The van der Waals surface area contributed by atoms with Crippen LogP contribution in [0.15, 0.2) is 48.5 Å². The van der Waals surface area contributed by atoms with E-state index in [1.165, 1.54) is 12.1 Å². The average Bonchev–Trinajstić information content (AvgIpc) is 2.72. The number of hydrogen-bond acceptors (Lipinski definition) is 1. The topological polar surface area (TPSA) is 17.1 Å². The molecule has 0 unspecified atom stereocenters. The first kappa shape index (κ1) is 13.9. The van der Waals surface area contributed by atoms with E-state index in [2.05, 4.69) is 0 Å². The molecule has 0 fully saturated rings. The van der Waals surface area contributed by atoms with Gasteiger partial charge in [0, 0.05) is 5.56 Å². The van der Waals surface area contributed by atoms with E-state index in [1.54, 1.807) is 19.1 Å². The molecule has 0 N–H and O–H groups in total. The van der Waals surface area contributed by atoms with Crippen LogP contribution >= 0.6 is 0 Å². The summed E-state index contributed by atoms with van der Waals surface area (Å²) in [6, 6.07) is 12.2. The van der Waals surface area contributed by atoms with Crippen LogP contribution in [0.25, 0.3) is 0 Å². The van der Waals surface area contributed by atoms with Gasteiger partial charge in [-0.05, 0) is 36.6 Å². The smallest absolute Gasteiger partial charge is 0.293 e. The molecular formula is C17H13F3O. The zero-order valence-electron chi connectivity index (χ0n) is 11.4. The second-order valence-corrected chi connectivity index (χ2v) is 5.57. The van der Waals surface area contributed by atoms with Crippen LogP contribution in [0, 0.1) is 0 Å². The summed E-state index contributed by atoms with van der Waals surface area (Å²) in [5, 5.41) is 0. The minimum atomic E-state index is -4.36. The maximum Gasteiger partial charge on any atom is 0.416 e. The summed E-state index contributed by atoms with van der Waals surface area (Å²) in [6.45, 7) is 1.79. The molecule has 1 nitrogen and oxygen atoms in total. The van der Waals surface area contributed by atoms with Crippen LogP contribution < -0.4 is 0 Å². The lowest BCUT2D eigenvalue weighted by Gasteiger charge is -2.23. The molecule has 1 aliphatic carbocycles. The van der Waals surface area contributed by atoms with Gasteiger partial charge in [0.1, 0.15) is 0 Å². The molecule has 3 rings (SSSR count). The van der Waals surface area contributed by atoms with Crippen LogP contribution in [-0.2, 0) is 18.0 Å². The fourth-order valence-corrected chi connectivity index (χ4v) is 2.91. The molecule has 2 aromatic rings. The Balaban J connectivity index is 2.00. The van der Waals surface area contributed by atoms with Gasteiger partial charge in [0.15, 0.2) is 5.78 Å². The summed E-state index contributed by atoms with van der Waals surface area (Å²) in [5.41, 5.74) is 0.757. The third kappa shape index (κ3) is 2.15. The largest absolute Gasteiger partial charge is 0.416 e. The van der Waals surface area contributed by atoms with Crippen LogP contribution in [0.2, 0.25) is 0 Å². The number of rotatable bonds is 1. The predicted octanol–water partition coefficient (Wildman–Crippen LogP) is 4.40. The van der Waals surface area contributed by atoms with E-state index in [0.29, 0.717) is 17.5 Å². The quantitative estimate of drug-likeness (QED) is 0.760. The molecule has 4 heteroatoms. The zero-order valence-corrected chi connectivity index (χ0v) is 11.4. The van der Waals surface area contributed by atoms with E-state index in [4.69, 9.17) is 0 Å². The molecule has 0 saturated carbocycles. The van der Waals surface area contributed by atoms with Gasteiger partial charge in [0.05, 0.1) is 11.0 Å². The number of carbonyl (C=O) groups excluding carboxylic acids is 1. The first-order chi connectivity index (χ1) is 9.82. The fourth-order valence-electron chi connectivity index (χ4n) is 2.91. The van der Waals surface area contributed by atoms with Gasteiger partial charge in [-0.15, -0.1) is 0 Å². The number of halogens is 3. The van der Waals surface area contributed by atoms with Crippen LogP contribution in [0.1, 0.15) is 34.0 Å². The van der Waals surface area contributed by atoms with E-state index < -0.39 is 17.2 Å². The monoisotopic (exact) mass is 290 g/mol. The summed E-state index contributed by atoms with van der Waals surface area (Å²) < 4.78 is 37.9. The van der Waals surface area contributed by atoms with Crippen molar-refractivity contribution in [3.8, 4) is 0 Å². The van der Waals surface area contributed by atoms with Gasteiger partial charge in [-0.3, -0.25) is 4.79 Å². The molecule has 0 saturated heterocycles. The van der Waals surface area contributed by atoms with Gasteiger partial charge in [-0.2, -0.15) is 13.2 Å². The number of hydrogen-bond donors (Lipinski definition) is 0. The lowest BCUT2D eigenvalue weighted by atomic mass is 9.78. The third-order valence-electron chi connectivity index (χ3n) is 4.16. The van der Waals surface area contributed by atoms with Gasteiger partial charge < -0.3 is 0 Å². The molecule has 0 spiro atoms. The number of Topliss-reactive ketones (excluding diaryl/α,β-unsaturated/α-hetero) is 1. The van der Waals surface area contributed by atoms with Crippen LogP contribution in [-0.4, -0.2) is 5.78 Å². The van der Waals surface area contributed by atoms with Gasteiger partial charge in [0.2, 0.25) is 0 Å². The molecule has 108 valence electrons. The predicted molar refractivity (Wildman–Crippen MR) is 73.3 cm³/mol. The van der Waals surface area contributed by atoms with E-state index in [-0.39, 0.29) is 5.78 Å². The van der Waals surface area contributed by atoms with Gasteiger partial charge >= 0.3 is 6.18 Å². The molecule has 0 aliphatic heterocycles. The molecule has 0 bridgehead atoms. The molecule has 0 amide bonds. The Morgan fingerprint density at radius 1 is 1.00 bits per heavy atom. The zero-order chi connectivity index (χ0) is 15.3. The minimum Gasteiger partial charge on any atom is -0.293 e. The Hall–Kier alpha value is -2.10. The number of benzene rings is 2. The number of alkyl halides is 3. The van der Waals surface area contributed by atoms with Crippen molar-refractivity contribution in [2.75, 3.05) is 0 Å². The molecule has 0 radical (unpaired) electrons. The van der Waals surface area contributed by atoms with Crippen molar-refractivity contribution in [3.05, 3.63) is 70.8 Å². The van der Waals surface area contributed by atoms with Gasteiger partial charge in [-0.25, -0.2) is 0 Å². The Bertz CT molecular complexity index is 701. The van der Waals surface area contributed by atoms with Crippen molar-refractivity contribution < 1.29 is 18.0 Å². The minimum absolute atomic E-state index is 0.0298. The lowest BCUT2D eigenvalue weighted by molar-refractivity contribution is -0.137. The molecule has 1 atom stereocenters. The number of carbonyl (C=O) groups is 1. The van der Waals surface area contributed by atoms with E-state index in [9.17, 15) is 18.0 Å². The summed E-state index contributed by atoms with van der Waals surface area (Å²) in [5.74, 6) is -0.0298. The third-order valence-corrected chi connectivity index (χ3v) is 4.16. The highest BCUT2D eigenvalue weighted by Crippen LogP contribution is 2.40. The summed E-state index contributed by atoms with van der Waals surface area (Å²) in [4.78, 5) is 12.6. The standard InChI is InChI=1S/C17H13F3O/c1-16(10-11-4-2-3-5-14(11)15(16)21)12-6-8-13(9-7-12)17(18,19)20/h2-9H,10H2,1H3/t16-/m1/s1. The lowest BCUT2D eigenvalue weighted by Crippen LogP contribution is -2.29. The second kappa shape index (κ2) is 4.45. The Labute approximate surface area is 120 Å². The fraction of sp³-hybridized carbons (Fsp3) is 0.235. The first-order valence-corrected chi connectivity index (χ1v) is 6.63. The highest BCUT2D eigenvalue weighted by atomic mass is 19.4. The highest BCUT2D eigenvalue weighted by Gasteiger charge is 2.43. The normalized spacial score (nSPS) is 21.4.